The van der Waals surface area contributed by atoms with Crippen molar-refractivity contribution in [3.8, 4) is 11.5 Å². The van der Waals surface area contributed by atoms with Crippen LogP contribution in [0.25, 0.3) is 0 Å². The molecule has 0 saturated heterocycles. The van der Waals surface area contributed by atoms with Gasteiger partial charge in [-0.1, -0.05) is 0 Å². The van der Waals surface area contributed by atoms with Crippen molar-refractivity contribution in [2.45, 2.75) is 6.92 Å². The van der Waals surface area contributed by atoms with Gasteiger partial charge >= 0.3 is 11.8 Å². The Morgan fingerprint density at radius 2 is 1.62 bits per heavy atom. The molecule has 2 rings (SSSR count). The van der Waals surface area contributed by atoms with Crippen LogP contribution in [0.5, 0.6) is 11.5 Å². The van der Waals surface area contributed by atoms with E-state index in [2.05, 4.69) is 21.2 Å². The smallest absolute Gasteiger partial charge is 0.329 e. The molecule has 0 unspecified atom stereocenters. The number of carbonyl (C=O) groups excluding carboxylic acids is 3. The summed E-state index contributed by atoms with van der Waals surface area (Å²) in [5, 5.41) is 8.79. The highest BCUT2D eigenvalue weighted by atomic mass is 16.5. The molecule has 0 saturated carbocycles. The lowest BCUT2D eigenvalue weighted by Gasteiger charge is -2.08. The van der Waals surface area contributed by atoms with E-state index in [9.17, 15) is 14.4 Å². The van der Waals surface area contributed by atoms with E-state index in [1.807, 2.05) is 0 Å². The maximum absolute atomic E-state index is 12.0. The Balaban J connectivity index is 1.77. The molecular weight excluding hydrogens is 376 g/mol. The van der Waals surface area contributed by atoms with Gasteiger partial charge in [0.25, 0.3) is 5.91 Å². The fraction of sp³-hybridized carbons (Fsp3) is 0.200. The number of benzene rings is 2. The Kier molecular flexibility index (Phi) is 8.18. The van der Waals surface area contributed by atoms with Crippen LogP contribution in [0.15, 0.2) is 53.6 Å². The van der Waals surface area contributed by atoms with E-state index < -0.39 is 11.8 Å². The number of nitrogens with zero attached hydrogens (tertiary/aromatic N) is 1. The number of nitrogens with one attached hydrogen (secondary N) is 3. The zero-order valence-corrected chi connectivity index (χ0v) is 16.1. The van der Waals surface area contributed by atoms with Crippen molar-refractivity contribution < 1.29 is 23.9 Å². The summed E-state index contributed by atoms with van der Waals surface area (Å²) in [7, 11) is 1.57. The summed E-state index contributed by atoms with van der Waals surface area (Å²) in [5.74, 6) is -0.689. The lowest BCUT2D eigenvalue weighted by atomic mass is 10.2. The number of anilines is 1. The van der Waals surface area contributed by atoms with Crippen LogP contribution in [0.2, 0.25) is 0 Å². The maximum Gasteiger partial charge on any atom is 0.329 e. The van der Waals surface area contributed by atoms with Crippen LogP contribution in [0.4, 0.5) is 5.69 Å². The van der Waals surface area contributed by atoms with Crippen molar-refractivity contribution in [2.24, 2.45) is 5.10 Å². The van der Waals surface area contributed by atoms with Crippen LogP contribution in [0, 0.1) is 0 Å². The monoisotopic (exact) mass is 398 g/mol. The minimum atomic E-state index is -0.842. The summed E-state index contributed by atoms with van der Waals surface area (Å²) in [6.45, 7) is 1.92. The molecule has 0 radical (unpaired) electrons. The van der Waals surface area contributed by atoms with E-state index in [1.54, 1.807) is 62.6 Å². The van der Waals surface area contributed by atoms with Gasteiger partial charge in [0.1, 0.15) is 11.5 Å². The molecule has 3 N–H and O–H groups in total. The van der Waals surface area contributed by atoms with Gasteiger partial charge in [-0.05, 0) is 61.0 Å². The van der Waals surface area contributed by atoms with E-state index in [4.69, 9.17) is 9.47 Å². The van der Waals surface area contributed by atoms with Gasteiger partial charge in [0.05, 0.1) is 13.3 Å². The number of likely N-dealkylation sites (N-methyl/N-ethyl adjacent to an activating group) is 1. The van der Waals surface area contributed by atoms with Gasteiger partial charge in [-0.2, -0.15) is 5.10 Å². The zero-order chi connectivity index (χ0) is 21.1. The molecule has 0 bridgehead atoms. The standard InChI is InChI=1S/C20H22N4O5/c1-3-21-19(26)20(27)24-22-12-14-4-8-17(9-5-14)29-13-18(25)23-15-6-10-16(28-2)11-7-15/h4-12H,3,13H2,1-2H3,(H,21,26)(H,23,25)(H,24,27)/b22-12-. The number of amides is 3. The molecule has 0 spiro atoms. The van der Waals surface area contributed by atoms with Crippen LogP contribution in [0.1, 0.15) is 12.5 Å². The first-order valence-corrected chi connectivity index (χ1v) is 8.79. The van der Waals surface area contributed by atoms with Crippen LogP contribution >= 0.6 is 0 Å². The van der Waals surface area contributed by atoms with Gasteiger partial charge in [-0.15, -0.1) is 0 Å². The molecule has 2 aromatic rings. The van der Waals surface area contributed by atoms with Crippen molar-refractivity contribution >= 4 is 29.6 Å². The van der Waals surface area contributed by atoms with Crippen molar-refractivity contribution in [1.82, 2.24) is 10.7 Å². The summed E-state index contributed by atoms with van der Waals surface area (Å²) < 4.78 is 10.5. The lowest BCUT2D eigenvalue weighted by Crippen LogP contribution is -2.37. The molecule has 3 amide bonds. The van der Waals surface area contributed by atoms with Crippen molar-refractivity contribution in [2.75, 3.05) is 25.6 Å². The third-order valence-electron chi connectivity index (χ3n) is 3.55. The SMILES string of the molecule is CCNC(=O)C(=O)N/N=C\c1ccc(OCC(=O)Nc2ccc(OC)cc2)cc1. The largest absolute Gasteiger partial charge is 0.497 e. The Hall–Kier alpha value is -3.88. The molecule has 0 aliphatic heterocycles. The predicted molar refractivity (Wildman–Crippen MR) is 108 cm³/mol. The predicted octanol–water partition coefficient (Wildman–Crippen LogP) is 1.30. The molecule has 29 heavy (non-hydrogen) atoms. The van der Waals surface area contributed by atoms with Gasteiger partial charge in [0, 0.05) is 12.2 Å². The highest BCUT2D eigenvalue weighted by Crippen LogP contribution is 2.15. The Morgan fingerprint density at radius 1 is 0.966 bits per heavy atom. The second-order valence-electron chi connectivity index (χ2n) is 5.69. The second kappa shape index (κ2) is 11.1. The van der Waals surface area contributed by atoms with Crippen molar-refractivity contribution in [1.29, 1.82) is 0 Å². The summed E-state index contributed by atoms with van der Waals surface area (Å²) in [6.07, 6.45) is 1.39. The normalized spacial score (nSPS) is 10.3. The van der Waals surface area contributed by atoms with Gasteiger partial charge in [0.15, 0.2) is 6.61 Å². The number of carbonyl (C=O) groups is 3. The second-order valence-corrected chi connectivity index (χ2v) is 5.69. The van der Waals surface area contributed by atoms with E-state index in [-0.39, 0.29) is 12.5 Å². The third kappa shape index (κ3) is 7.33. The molecule has 152 valence electrons. The molecule has 0 fully saturated rings. The number of hydrogen-bond acceptors (Lipinski definition) is 6. The highest BCUT2D eigenvalue weighted by molar-refractivity contribution is 6.35. The van der Waals surface area contributed by atoms with Crippen LogP contribution < -0.4 is 25.5 Å². The molecule has 9 heteroatoms. The van der Waals surface area contributed by atoms with Crippen LogP contribution in [0.3, 0.4) is 0 Å². The molecule has 0 aliphatic carbocycles. The van der Waals surface area contributed by atoms with E-state index in [0.717, 1.165) is 0 Å². The molecule has 9 nitrogen and oxygen atoms in total. The Morgan fingerprint density at radius 3 is 2.24 bits per heavy atom. The summed E-state index contributed by atoms with van der Waals surface area (Å²) in [5.41, 5.74) is 3.44. The Bertz CT molecular complexity index is 863. The number of hydrazone groups is 1. The van der Waals surface area contributed by atoms with Gasteiger partial charge in [-0.3, -0.25) is 14.4 Å². The average molecular weight is 398 g/mol. The third-order valence-corrected chi connectivity index (χ3v) is 3.55. The van der Waals surface area contributed by atoms with Crippen molar-refractivity contribution in [3.05, 3.63) is 54.1 Å². The minimum Gasteiger partial charge on any atom is -0.497 e. The molecule has 0 aliphatic rings. The first kappa shape index (κ1) is 21.4. The van der Waals surface area contributed by atoms with Crippen LogP contribution in [-0.4, -0.2) is 44.2 Å². The highest BCUT2D eigenvalue weighted by Gasteiger charge is 2.10. The zero-order valence-electron chi connectivity index (χ0n) is 16.1. The van der Waals surface area contributed by atoms with E-state index in [0.29, 0.717) is 29.3 Å². The Labute approximate surface area is 168 Å². The maximum atomic E-state index is 12.0. The average Bonchev–Trinajstić information content (AvgIpc) is 2.74. The summed E-state index contributed by atoms with van der Waals surface area (Å²) >= 11 is 0. The minimum absolute atomic E-state index is 0.151. The molecule has 0 heterocycles. The molecule has 0 aromatic heterocycles. The number of hydrogen-bond donors (Lipinski definition) is 3. The number of rotatable bonds is 8. The molecule has 2 aromatic carbocycles. The van der Waals surface area contributed by atoms with Gasteiger partial charge in [-0.25, -0.2) is 5.43 Å². The summed E-state index contributed by atoms with van der Waals surface area (Å²) in [4.78, 5) is 34.6. The number of ether oxygens (including phenoxy) is 2. The fourth-order valence-electron chi connectivity index (χ4n) is 2.13. The summed E-state index contributed by atoms with van der Waals surface area (Å²) in [6, 6.07) is 13.7. The fourth-order valence-corrected chi connectivity index (χ4v) is 2.13. The topological polar surface area (TPSA) is 118 Å². The molecule has 0 atom stereocenters. The van der Waals surface area contributed by atoms with E-state index >= 15 is 0 Å². The van der Waals surface area contributed by atoms with Gasteiger partial charge < -0.3 is 20.1 Å². The first-order valence-electron chi connectivity index (χ1n) is 8.79. The quantitative estimate of drug-likeness (QED) is 0.352. The van der Waals surface area contributed by atoms with Gasteiger partial charge in [0.2, 0.25) is 0 Å². The van der Waals surface area contributed by atoms with E-state index in [1.165, 1.54) is 6.21 Å². The lowest BCUT2D eigenvalue weighted by molar-refractivity contribution is -0.139. The van der Waals surface area contributed by atoms with Crippen LogP contribution in [-0.2, 0) is 14.4 Å². The first-order chi connectivity index (χ1) is 14.0. The number of methoxy groups -OCH3 is 1. The van der Waals surface area contributed by atoms with Crippen molar-refractivity contribution in [3.63, 3.8) is 0 Å². The molecular formula is C20H22N4O5.